The number of nitrogens with zero attached hydrogens (tertiary/aromatic N) is 1. The van der Waals surface area contributed by atoms with Gasteiger partial charge >= 0.3 is 0 Å². The summed E-state index contributed by atoms with van der Waals surface area (Å²) in [6, 6.07) is 0. The predicted molar refractivity (Wildman–Crippen MR) is 113 cm³/mol. The highest BCUT2D eigenvalue weighted by Crippen LogP contribution is 2.66. The third kappa shape index (κ3) is 2.97. The van der Waals surface area contributed by atoms with Crippen molar-refractivity contribution >= 4 is 28.8 Å². The number of carbonyl (C=O) groups excluding carboxylic acids is 1. The monoisotopic (exact) mass is 387 g/mol. The molecule has 3 fully saturated rings. The number of hydrogen-bond donors (Lipinski definition) is 2. The minimum atomic E-state index is 0.228. The fraction of sp³-hybridized carbons (Fsp3) is 0.773. The maximum Gasteiger partial charge on any atom is 0.184 e. The van der Waals surface area contributed by atoms with E-state index in [1.165, 1.54) is 32.1 Å². The van der Waals surface area contributed by atoms with Crippen LogP contribution in [0.2, 0.25) is 0 Å². The second-order valence-corrected chi connectivity index (χ2v) is 10.3. The van der Waals surface area contributed by atoms with Gasteiger partial charge < -0.3 is 5.73 Å². The summed E-state index contributed by atoms with van der Waals surface area (Å²) in [5.41, 5.74) is 11.5. The van der Waals surface area contributed by atoms with Gasteiger partial charge in [-0.15, -0.1) is 0 Å². The molecule has 4 nitrogen and oxygen atoms in total. The molecular formula is C22H33N3OS. The fourth-order valence-electron chi connectivity index (χ4n) is 7.45. The normalized spacial score (nSPS) is 44.7. The number of Topliss-reactive ketones (excluding diaryl/α,β-unsaturated/α-hetero) is 1. The Labute approximate surface area is 168 Å². The van der Waals surface area contributed by atoms with E-state index in [4.69, 9.17) is 18.0 Å². The molecular weight excluding hydrogens is 354 g/mol. The number of nitrogens with two attached hydrogens (primary N) is 1. The Balaban J connectivity index is 1.59. The van der Waals surface area contributed by atoms with E-state index in [0.29, 0.717) is 17.1 Å². The molecule has 3 N–H and O–H groups in total. The van der Waals surface area contributed by atoms with Crippen LogP contribution in [0.15, 0.2) is 16.8 Å². The first-order chi connectivity index (χ1) is 12.8. The molecule has 0 amide bonds. The van der Waals surface area contributed by atoms with Gasteiger partial charge in [-0.05, 0) is 105 Å². The summed E-state index contributed by atoms with van der Waals surface area (Å²) in [5.74, 6) is 2.99. The summed E-state index contributed by atoms with van der Waals surface area (Å²) < 4.78 is 0. The van der Waals surface area contributed by atoms with E-state index in [-0.39, 0.29) is 10.5 Å². The number of allylic oxidation sites excluding steroid dienone is 2. The van der Waals surface area contributed by atoms with Crippen LogP contribution in [0.3, 0.4) is 0 Å². The van der Waals surface area contributed by atoms with Gasteiger partial charge in [0.25, 0.3) is 0 Å². The van der Waals surface area contributed by atoms with Crippen LogP contribution in [0.5, 0.6) is 0 Å². The molecule has 0 aromatic carbocycles. The molecule has 4 aliphatic carbocycles. The molecule has 0 radical (unpaired) electrons. The van der Waals surface area contributed by atoms with Crippen LogP contribution in [0.1, 0.15) is 72.1 Å². The summed E-state index contributed by atoms with van der Waals surface area (Å²) in [6.45, 7) is 6.73. The average molecular weight is 388 g/mol. The molecule has 4 aliphatic rings. The number of rotatable bonds is 2. The SMILES string of the molecule is CC(=O)[C@H]1CC[C@H]2[C@@H]3CCC4=CC(=NNC(N)=S)CC[C@]4(C)[C@H]3CC[C@]12C. The molecule has 5 heteroatoms. The van der Waals surface area contributed by atoms with E-state index in [0.717, 1.165) is 42.7 Å². The molecule has 27 heavy (non-hydrogen) atoms. The van der Waals surface area contributed by atoms with Gasteiger partial charge in [0, 0.05) is 5.92 Å². The van der Waals surface area contributed by atoms with Gasteiger partial charge in [-0.2, -0.15) is 5.10 Å². The van der Waals surface area contributed by atoms with Gasteiger partial charge in [-0.3, -0.25) is 10.2 Å². The molecule has 0 aromatic rings. The van der Waals surface area contributed by atoms with Gasteiger partial charge in [-0.25, -0.2) is 0 Å². The van der Waals surface area contributed by atoms with Crippen LogP contribution in [0.4, 0.5) is 0 Å². The van der Waals surface area contributed by atoms with Crippen molar-refractivity contribution in [3.63, 3.8) is 0 Å². The molecule has 0 heterocycles. The highest BCUT2D eigenvalue weighted by atomic mass is 32.1. The van der Waals surface area contributed by atoms with Crippen LogP contribution in [0, 0.1) is 34.5 Å². The number of carbonyl (C=O) groups is 1. The van der Waals surface area contributed by atoms with Crippen LogP contribution < -0.4 is 11.2 Å². The van der Waals surface area contributed by atoms with Crippen LogP contribution in [-0.4, -0.2) is 16.6 Å². The largest absolute Gasteiger partial charge is 0.375 e. The zero-order chi connectivity index (χ0) is 19.4. The molecule has 0 saturated heterocycles. The van der Waals surface area contributed by atoms with E-state index in [2.05, 4.69) is 30.5 Å². The van der Waals surface area contributed by atoms with Crippen molar-refractivity contribution in [2.75, 3.05) is 0 Å². The second kappa shape index (κ2) is 6.68. The quantitative estimate of drug-likeness (QED) is 0.546. The zero-order valence-corrected chi connectivity index (χ0v) is 17.7. The highest BCUT2D eigenvalue weighted by Gasteiger charge is 2.59. The maximum absolute atomic E-state index is 12.3. The molecule has 0 unspecified atom stereocenters. The van der Waals surface area contributed by atoms with Crippen molar-refractivity contribution in [2.45, 2.75) is 72.1 Å². The summed E-state index contributed by atoms with van der Waals surface area (Å²) in [7, 11) is 0. The molecule has 4 rings (SSSR count). The van der Waals surface area contributed by atoms with Gasteiger partial charge in [0.1, 0.15) is 5.78 Å². The van der Waals surface area contributed by atoms with Crippen LogP contribution in [0.25, 0.3) is 0 Å². The number of fused-ring (bicyclic) bond motifs is 5. The summed E-state index contributed by atoms with van der Waals surface area (Å²) in [6.07, 6.45) is 11.7. The average Bonchev–Trinajstić information content (AvgIpc) is 2.97. The smallest absolute Gasteiger partial charge is 0.184 e. The third-order valence-electron chi connectivity index (χ3n) is 8.78. The molecule has 0 spiro atoms. The van der Waals surface area contributed by atoms with E-state index in [9.17, 15) is 4.79 Å². The number of hydrazone groups is 1. The molecule has 6 atom stereocenters. The molecule has 3 saturated carbocycles. The van der Waals surface area contributed by atoms with Crippen LogP contribution >= 0.6 is 12.2 Å². The minimum Gasteiger partial charge on any atom is -0.375 e. The van der Waals surface area contributed by atoms with E-state index in [1.807, 2.05) is 6.92 Å². The van der Waals surface area contributed by atoms with Crippen LogP contribution in [-0.2, 0) is 4.79 Å². The lowest BCUT2D eigenvalue weighted by molar-refractivity contribution is -0.127. The lowest BCUT2D eigenvalue weighted by Gasteiger charge is -2.58. The first-order valence-electron chi connectivity index (χ1n) is 10.6. The Morgan fingerprint density at radius 3 is 2.67 bits per heavy atom. The van der Waals surface area contributed by atoms with Gasteiger partial charge in [0.05, 0.1) is 5.71 Å². The lowest BCUT2D eigenvalue weighted by Crippen LogP contribution is -2.51. The molecule has 0 bridgehead atoms. The Bertz CT molecular complexity index is 729. The van der Waals surface area contributed by atoms with Crippen molar-refractivity contribution in [3.8, 4) is 0 Å². The Hall–Kier alpha value is -1.23. The molecule has 148 valence electrons. The van der Waals surface area contributed by atoms with Crippen molar-refractivity contribution in [1.82, 2.24) is 5.43 Å². The standard InChI is InChI=1S/C22H33N3OS/c1-13(26)17-6-7-18-16-5-4-14-12-15(24-25-20(23)27)8-10-21(14,2)19(16)9-11-22(17,18)3/h12,16-19H,4-11H2,1-3H3,(H3,23,25,27)/t16-,17+,18-,19-,21-,22+/m0/s1. The van der Waals surface area contributed by atoms with Gasteiger partial charge in [0.15, 0.2) is 5.11 Å². The maximum atomic E-state index is 12.3. The number of ketones is 1. The van der Waals surface area contributed by atoms with Crippen molar-refractivity contribution in [2.24, 2.45) is 45.3 Å². The summed E-state index contributed by atoms with van der Waals surface area (Å²) in [4.78, 5) is 12.3. The minimum absolute atomic E-state index is 0.228. The Morgan fingerprint density at radius 2 is 1.96 bits per heavy atom. The number of hydrogen-bond acceptors (Lipinski definition) is 3. The van der Waals surface area contributed by atoms with Crippen molar-refractivity contribution < 1.29 is 4.79 Å². The van der Waals surface area contributed by atoms with E-state index in [1.54, 1.807) is 5.57 Å². The molecule has 0 aromatic heterocycles. The Morgan fingerprint density at radius 1 is 1.19 bits per heavy atom. The van der Waals surface area contributed by atoms with Gasteiger partial charge in [-0.1, -0.05) is 19.4 Å². The molecule has 0 aliphatic heterocycles. The van der Waals surface area contributed by atoms with Crippen molar-refractivity contribution in [1.29, 1.82) is 0 Å². The first kappa shape index (κ1) is 19.1. The predicted octanol–water partition coefficient (Wildman–Crippen LogP) is 4.34. The summed E-state index contributed by atoms with van der Waals surface area (Å²) in [5, 5.41) is 4.62. The lowest BCUT2D eigenvalue weighted by atomic mass is 9.46. The van der Waals surface area contributed by atoms with Crippen molar-refractivity contribution in [3.05, 3.63) is 11.6 Å². The van der Waals surface area contributed by atoms with E-state index >= 15 is 0 Å². The highest BCUT2D eigenvalue weighted by molar-refractivity contribution is 7.80. The zero-order valence-electron chi connectivity index (χ0n) is 16.9. The number of thiocarbonyl (C=S) groups is 1. The fourth-order valence-corrected chi connectivity index (χ4v) is 7.50. The third-order valence-corrected chi connectivity index (χ3v) is 8.87. The number of nitrogens with one attached hydrogen (secondary N) is 1. The summed E-state index contributed by atoms with van der Waals surface area (Å²) >= 11 is 4.87. The Kier molecular flexibility index (Phi) is 4.73. The van der Waals surface area contributed by atoms with Gasteiger partial charge in [0.2, 0.25) is 0 Å². The van der Waals surface area contributed by atoms with E-state index < -0.39 is 0 Å². The second-order valence-electron chi connectivity index (χ2n) is 9.87. The topological polar surface area (TPSA) is 67.5 Å². The first-order valence-corrected chi connectivity index (χ1v) is 11.0.